The molecule has 0 radical (unpaired) electrons. The van der Waals surface area contributed by atoms with Crippen molar-refractivity contribution in [3.05, 3.63) is 31.8 Å². The number of rotatable bonds is 1. The molecule has 86 valence electrons. The van der Waals surface area contributed by atoms with Crippen LogP contribution in [0.15, 0.2) is 22.7 Å². The Morgan fingerprint density at radius 2 is 2.31 bits per heavy atom. The number of carbonyl (C=O) groups is 1. The summed E-state index contributed by atoms with van der Waals surface area (Å²) in [4.78, 5) is 13.8. The maximum absolute atomic E-state index is 12.1. The number of hydrogen-bond donors (Lipinski definition) is 1. The van der Waals surface area contributed by atoms with Crippen LogP contribution in [0.5, 0.6) is 0 Å². The van der Waals surface area contributed by atoms with Gasteiger partial charge in [-0.3, -0.25) is 4.79 Å². The van der Waals surface area contributed by atoms with E-state index >= 15 is 0 Å². The smallest absolute Gasteiger partial charge is 0.255 e. The molecule has 1 aliphatic heterocycles. The van der Waals surface area contributed by atoms with E-state index in [-0.39, 0.29) is 12.0 Å². The number of hydrogen-bond acceptors (Lipinski definition) is 2. The molecule has 0 bridgehead atoms. The van der Waals surface area contributed by atoms with Crippen LogP contribution >= 0.6 is 38.5 Å². The molecule has 3 nitrogen and oxygen atoms in total. The van der Waals surface area contributed by atoms with Gasteiger partial charge in [-0.1, -0.05) is 0 Å². The number of β-amino-alcohol motifs (C(OH)–C–C–N with tert-alkyl or cyclic N) is 1. The summed E-state index contributed by atoms with van der Waals surface area (Å²) in [6.45, 7) is 1.08. The SMILES string of the molecule is O=C(c1cc(I)ccc1Br)N1CCC(O)C1. The van der Waals surface area contributed by atoms with Crippen molar-refractivity contribution in [3.8, 4) is 0 Å². The molecule has 1 N–H and O–H groups in total. The molecular weight excluding hydrogens is 385 g/mol. The highest BCUT2D eigenvalue weighted by Crippen LogP contribution is 2.22. The van der Waals surface area contributed by atoms with Gasteiger partial charge in [-0.2, -0.15) is 0 Å². The Labute approximate surface area is 116 Å². The predicted molar refractivity (Wildman–Crippen MR) is 73.4 cm³/mol. The highest BCUT2D eigenvalue weighted by molar-refractivity contribution is 14.1. The van der Waals surface area contributed by atoms with Crippen molar-refractivity contribution >= 4 is 44.4 Å². The molecule has 0 saturated carbocycles. The summed E-state index contributed by atoms with van der Waals surface area (Å²) in [5, 5.41) is 9.41. The fourth-order valence-electron chi connectivity index (χ4n) is 1.76. The number of nitrogens with zero attached hydrogens (tertiary/aromatic N) is 1. The predicted octanol–water partition coefficient (Wildman–Crippen LogP) is 2.26. The minimum atomic E-state index is -0.370. The summed E-state index contributed by atoms with van der Waals surface area (Å²) < 4.78 is 1.84. The van der Waals surface area contributed by atoms with Gasteiger partial charge in [0.1, 0.15) is 0 Å². The van der Waals surface area contributed by atoms with Crippen molar-refractivity contribution in [3.63, 3.8) is 0 Å². The second-order valence-electron chi connectivity index (χ2n) is 3.82. The summed E-state index contributed by atoms with van der Waals surface area (Å²) in [7, 11) is 0. The number of benzene rings is 1. The minimum absolute atomic E-state index is 0.0121. The molecule has 1 amide bonds. The topological polar surface area (TPSA) is 40.5 Å². The maximum Gasteiger partial charge on any atom is 0.255 e. The van der Waals surface area contributed by atoms with Gasteiger partial charge in [0.05, 0.1) is 11.7 Å². The second kappa shape index (κ2) is 5.01. The van der Waals surface area contributed by atoms with E-state index in [2.05, 4.69) is 38.5 Å². The molecule has 1 aromatic carbocycles. The van der Waals surface area contributed by atoms with E-state index in [1.54, 1.807) is 4.90 Å². The lowest BCUT2D eigenvalue weighted by Gasteiger charge is -2.16. The molecule has 1 saturated heterocycles. The van der Waals surface area contributed by atoms with Crippen molar-refractivity contribution in [2.24, 2.45) is 0 Å². The first-order valence-electron chi connectivity index (χ1n) is 5.00. The fraction of sp³-hybridized carbons (Fsp3) is 0.364. The van der Waals surface area contributed by atoms with E-state index in [4.69, 9.17) is 0 Å². The molecule has 1 unspecified atom stereocenters. The standard InChI is InChI=1S/C11H11BrINO2/c12-10-2-1-7(13)5-9(10)11(16)14-4-3-8(15)6-14/h1-2,5,8,15H,3-4,6H2. The summed E-state index contributed by atoms with van der Waals surface area (Å²) in [5.74, 6) is -0.0121. The molecule has 16 heavy (non-hydrogen) atoms. The largest absolute Gasteiger partial charge is 0.391 e. The Hall–Kier alpha value is -0.140. The Balaban J connectivity index is 2.23. The number of halogens is 2. The first kappa shape index (κ1) is 12.3. The van der Waals surface area contributed by atoms with Crippen LogP contribution in [0.4, 0.5) is 0 Å². The lowest BCUT2D eigenvalue weighted by atomic mass is 10.2. The average molecular weight is 396 g/mol. The van der Waals surface area contributed by atoms with E-state index in [1.165, 1.54) is 0 Å². The summed E-state index contributed by atoms with van der Waals surface area (Å²) >= 11 is 5.56. The van der Waals surface area contributed by atoms with Gasteiger partial charge < -0.3 is 10.0 Å². The molecule has 1 aliphatic rings. The van der Waals surface area contributed by atoms with Crippen LogP contribution in [0.2, 0.25) is 0 Å². The van der Waals surface area contributed by atoms with Gasteiger partial charge in [0.2, 0.25) is 0 Å². The third kappa shape index (κ3) is 2.57. The number of likely N-dealkylation sites (tertiary alicyclic amines) is 1. The molecule has 0 aromatic heterocycles. The van der Waals surface area contributed by atoms with Gasteiger partial charge in [-0.25, -0.2) is 0 Å². The fourth-order valence-corrected chi connectivity index (χ4v) is 2.67. The van der Waals surface area contributed by atoms with E-state index in [9.17, 15) is 9.90 Å². The van der Waals surface area contributed by atoms with Crippen LogP contribution in [0, 0.1) is 3.57 Å². The van der Waals surface area contributed by atoms with Gasteiger partial charge in [0.25, 0.3) is 5.91 Å². The molecule has 0 aliphatic carbocycles. The van der Waals surface area contributed by atoms with E-state index in [0.29, 0.717) is 25.1 Å². The number of amides is 1. The van der Waals surface area contributed by atoms with Crippen LogP contribution in [0.25, 0.3) is 0 Å². The number of carbonyl (C=O) groups excluding carboxylic acids is 1. The summed E-state index contributed by atoms with van der Waals surface area (Å²) in [5.41, 5.74) is 0.668. The number of aliphatic hydroxyl groups excluding tert-OH is 1. The normalized spacial score (nSPS) is 20.2. The van der Waals surface area contributed by atoms with Crippen LogP contribution < -0.4 is 0 Å². The average Bonchev–Trinajstić information content (AvgIpc) is 2.67. The highest BCUT2D eigenvalue weighted by Gasteiger charge is 2.26. The maximum atomic E-state index is 12.1. The Morgan fingerprint density at radius 1 is 1.56 bits per heavy atom. The number of aliphatic hydroxyl groups is 1. The zero-order valence-corrected chi connectivity index (χ0v) is 12.2. The van der Waals surface area contributed by atoms with Crippen LogP contribution in [-0.4, -0.2) is 35.1 Å². The third-order valence-electron chi connectivity index (χ3n) is 2.61. The highest BCUT2D eigenvalue weighted by atomic mass is 127. The molecule has 1 fully saturated rings. The van der Waals surface area contributed by atoms with Gasteiger partial charge in [0, 0.05) is 21.1 Å². The van der Waals surface area contributed by atoms with E-state index in [0.717, 1.165) is 8.04 Å². The molecule has 1 aromatic rings. The Morgan fingerprint density at radius 3 is 2.94 bits per heavy atom. The van der Waals surface area contributed by atoms with Crippen molar-refractivity contribution in [1.29, 1.82) is 0 Å². The summed E-state index contributed by atoms with van der Waals surface area (Å²) in [6.07, 6.45) is 0.304. The Kier molecular flexibility index (Phi) is 3.86. The molecule has 0 spiro atoms. The first-order chi connectivity index (χ1) is 7.58. The van der Waals surface area contributed by atoms with E-state index < -0.39 is 0 Å². The van der Waals surface area contributed by atoms with Crippen molar-refractivity contribution in [1.82, 2.24) is 4.90 Å². The van der Waals surface area contributed by atoms with Gasteiger partial charge in [0.15, 0.2) is 0 Å². The monoisotopic (exact) mass is 395 g/mol. The minimum Gasteiger partial charge on any atom is -0.391 e. The van der Waals surface area contributed by atoms with Crippen molar-refractivity contribution < 1.29 is 9.90 Å². The molecule has 2 rings (SSSR count). The zero-order valence-electron chi connectivity index (χ0n) is 8.49. The summed E-state index contributed by atoms with van der Waals surface area (Å²) in [6, 6.07) is 5.68. The Bertz CT molecular complexity index is 424. The van der Waals surface area contributed by atoms with Crippen LogP contribution in [0.3, 0.4) is 0 Å². The second-order valence-corrected chi connectivity index (χ2v) is 5.92. The lowest BCUT2D eigenvalue weighted by molar-refractivity contribution is 0.0764. The van der Waals surface area contributed by atoms with Crippen LogP contribution in [0.1, 0.15) is 16.8 Å². The van der Waals surface area contributed by atoms with Gasteiger partial charge in [-0.05, 0) is 63.1 Å². The molecule has 1 heterocycles. The van der Waals surface area contributed by atoms with Crippen molar-refractivity contribution in [2.45, 2.75) is 12.5 Å². The molecule has 5 heteroatoms. The molecule has 1 atom stereocenters. The zero-order chi connectivity index (χ0) is 11.7. The van der Waals surface area contributed by atoms with E-state index in [1.807, 2.05) is 18.2 Å². The molecular formula is C11H11BrINO2. The van der Waals surface area contributed by atoms with Crippen LogP contribution in [-0.2, 0) is 0 Å². The van der Waals surface area contributed by atoms with Gasteiger partial charge in [-0.15, -0.1) is 0 Å². The van der Waals surface area contributed by atoms with Gasteiger partial charge >= 0.3 is 0 Å². The first-order valence-corrected chi connectivity index (χ1v) is 6.87. The van der Waals surface area contributed by atoms with Crippen molar-refractivity contribution in [2.75, 3.05) is 13.1 Å². The quantitative estimate of drug-likeness (QED) is 0.741. The lowest BCUT2D eigenvalue weighted by Crippen LogP contribution is -2.29. The third-order valence-corrected chi connectivity index (χ3v) is 3.97.